The predicted molar refractivity (Wildman–Crippen MR) is 132 cm³/mol. The van der Waals surface area contributed by atoms with Gasteiger partial charge in [0.1, 0.15) is 5.82 Å². The van der Waals surface area contributed by atoms with E-state index in [4.69, 9.17) is 0 Å². The molecule has 2 atom stereocenters. The first-order valence-electron chi connectivity index (χ1n) is 12.6. The molecule has 36 heavy (non-hydrogen) atoms. The summed E-state index contributed by atoms with van der Waals surface area (Å²) in [5.74, 6) is -2.08. The fourth-order valence-electron chi connectivity index (χ4n) is 5.90. The lowest BCUT2D eigenvalue weighted by molar-refractivity contribution is -0.150. The molecule has 0 radical (unpaired) electrons. The lowest BCUT2D eigenvalue weighted by atomic mass is 9.67. The van der Waals surface area contributed by atoms with Crippen molar-refractivity contribution >= 4 is 17.7 Å². The molecule has 0 spiro atoms. The van der Waals surface area contributed by atoms with Crippen molar-refractivity contribution in [2.75, 3.05) is 19.6 Å². The molecule has 1 saturated heterocycles. The second-order valence-electron chi connectivity index (χ2n) is 10.4. The lowest BCUT2D eigenvalue weighted by Gasteiger charge is -2.37. The summed E-state index contributed by atoms with van der Waals surface area (Å²) in [4.78, 5) is 43.1. The minimum absolute atomic E-state index is 0.0705. The predicted octanol–water partition coefficient (Wildman–Crippen LogP) is 3.80. The summed E-state index contributed by atoms with van der Waals surface area (Å²) in [7, 11) is 0. The van der Waals surface area contributed by atoms with Crippen molar-refractivity contribution in [1.82, 2.24) is 15.3 Å². The highest BCUT2D eigenvalue weighted by atomic mass is 19.1. The van der Waals surface area contributed by atoms with Crippen LogP contribution < -0.4 is 5.48 Å². The zero-order chi connectivity index (χ0) is 25.9. The molecule has 1 fully saturated rings. The summed E-state index contributed by atoms with van der Waals surface area (Å²) in [5, 5.41) is 9.59. The highest BCUT2D eigenvalue weighted by Crippen LogP contribution is 2.46. The second-order valence-corrected chi connectivity index (χ2v) is 10.4. The standard InChI is InChI=1S/C28H34FN3O4/c1-19(2)17-28(12-15-31(27(28)35)13-10-20-6-4-3-5-7-20)24(25(33)30-36)11-14-32-18-21-8-9-22(29)16-23(21)26(32)34/h3-9,16,19,24,36H,10-15,17-18H2,1-2H3,(H,30,33). The Morgan fingerprint density at radius 3 is 2.56 bits per heavy atom. The molecule has 2 unspecified atom stereocenters. The summed E-state index contributed by atoms with van der Waals surface area (Å²) in [6.07, 6.45) is 1.96. The van der Waals surface area contributed by atoms with Gasteiger partial charge >= 0.3 is 0 Å². The molecule has 4 rings (SSSR count). The number of benzene rings is 2. The van der Waals surface area contributed by atoms with E-state index < -0.39 is 23.1 Å². The fourth-order valence-corrected chi connectivity index (χ4v) is 5.90. The van der Waals surface area contributed by atoms with Crippen molar-refractivity contribution < 1.29 is 24.0 Å². The molecule has 2 aliphatic heterocycles. The zero-order valence-electron chi connectivity index (χ0n) is 20.9. The van der Waals surface area contributed by atoms with E-state index in [0.717, 1.165) is 17.5 Å². The van der Waals surface area contributed by atoms with E-state index in [2.05, 4.69) is 0 Å². The van der Waals surface area contributed by atoms with Gasteiger partial charge in [-0.3, -0.25) is 19.6 Å². The maximum atomic E-state index is 13.9. The van der Waals surface area contributed by atoms with Crippen molar-refractivity contribution in [3.8, 4) is 0 Å². The van der Waals surface area contributed by atoms with Crippen LogP contribution in [0.25, 0.3) is 0 Å². The minimum Gasteiger partial charge on any atom is -0.342 e. The maximum Gasteiger partial charge on any atom is 0.254 e. The number of fused-ring (bicyclic) bond motifs is 1. The number of hydrogen-bond acceptors (Lipinski definition) is 4. The van der Waals surface area contributed by atoms with Crippen LogP contribution in [0.1, 0.15) is 54.6 Å². The molecular formula is C28H34FN3O4. The van der Waals surface area contributed by atoms with Crippen molar-refractivity contribution in [2.45, 2.75) is 46.1 Å². The summed E-state index contributed by atoms with van der Waals surface area (Å²) in [6.45, 7) is 5.69. The third-order valence-electron chi connectivity index (χ3n) is 7.56. The van der Waals surface area contributed by atoms with Crippen molar-refractivity contribution in [3.63, 3.8) is 0 Å². The molecule has 7 nitrogen and oxygen atoms in total. The van der Waals surface area contributed by atoms with Crippen molar-refractivity contribution in [3.05, 3.63) is 71.0 Å². The van der Waals surface area contributed by atoms with Gasteiger partial charge in [0, 0.05) is 31.7 Å². The van der Waals surface area contributed by atoms with Gasteiger partial charge in [0.05, 0.1) is 11.3 Å². The summed E-state index contributed by atoms with van der Waals surface area (Å²) in [6, 6.07) is 14.1. The van der Waals surface area contributed by atoms with E-state index in [9.17, 15) is 24.0 Å². The number of hydrogen-bond donors (Lipinski definition) is 2. The number of nitrogens with zero attached hydrogens (tertiary/aromatic N) is 2. The molecule has 2 N–H and O–H groups in total. The molecule has 192 valence electrons. The Morgan fingerprint density at radius 2 is 1.86 bits per heavy atom. The largest absolute Gasteiger partial charge is 0.342 e. The topological polar surface area (TPSA) is 89.9 Å². The molecule has 2 aliphatic rings. The van der Waals surface area contributed by atoms with Crippen molar-refractivity contribution in [2.24, 2.45) is 17.3 Å². The molecule has 2 heterocycles. The van der Waals surface area contributed by atoms with E-state index >= 15 is 0 Å². The first-order valence-corrected chi connectivity index (χ1v) is 12.6. The van der Waals surface area contributed by atoms with Crippen LogP contribution in [-0.4, -0.2) is 52.4 Å². The molecular weight excluding hydrogens is 461 g/mol. The van der Waals surface area contributed by atoms with Crippen LogP contribution in [0.3, 0.4) is 0 Å². The minimum atomic E-state index is -0.959. The van der Waals surface area contributed by atoms with Gasteiger partial charge in [-0.1, -0.05) is 50.2 Å². The Balaban J connectivity index is 1.52. The maximum absolute atomic E-state index is 13.9. The van der Waals surface area contributed by atoms with Gasteiger partial charge in [0.2, 0.25) is 11.8 Å². The van der Waals surface area contributed by atoms with Crippen LogP contribution in [0.4, 0.5) is 4.39 Å². The van der Waals surface area contributed by atoms with Gasteiger partial charge in [-0.05, 0) is 54.9 Å². The van der Waals surface area contributed by atoms with E-state index in [1.165, 1.54) is 12.1 Å². The Kier molecular flexibility index (Phi) is 7.73. The van der Waals surface area contributed by atoms with Crippen molar-refractivity contribution in [1.29, 1.82) is 0 Å². The lowest BCUT2D eigenvalue weighted by Crippen LogP contribution is -2.48. The number of carbonyl (C=O) groups is 3. The summed E-state index contributed by atoms with van der Waals surface area (Å²) < 4.78 is 13.7. The fraction of sp³-hybridized carbons (Fsp3) is 0.464. The first-order chi connectivity index (χ1) is 17.2. The number of hydroxylamine groups is 1. The van der Waals surface area contributed by atoms with Gasteiger partial charge in [-0.15, -0.1) is 0 Å². The Hall–Kier alpha value is -3.26. The first kappa shape index (κ1) is 25.8. The Bertz CT molecular complexity index is 1120. The monoisotopic (exact) mass is 495 g/mol. The van der Waals surface area contributed by atoms with Crippen LogP contribution in [0.5, 0.6) is 0 Å². The van der Waals surface area contributed by atoms with E-state index in [0.29, 0.717) is 38.0 Å². The van der Waals surface area contributed by atoms with Crippen LogP contribution >= 0.6 is 0 Å². The zero-order valence-corrected chi connectivity index (χ0v) is 20.9. The average Bonchev–Trinajstić information content (AvgIpc) is 3.34. The molecule has 2 aromatic carbocycles. The average molecular weight is 496 g/mol. The van der Waals surface area contributed by atoms with Crippen LogP contribution in [0.2, 0.25) is 0 Å². The Morgan fingerprint density at radius 1 is 1.11 bits per heavy atom. The SMILES string of the molecule is CC(C)CC1(C(CCN2Cc3ccc(F)cc3C2=O)C(=O)NO)CCN(CCc2ccccc2)C1=O. The van der Waals surface area contributed by atoms with E-state index in [1.54, 1.807) is 16.4 Å². The number of halogens is 1. The third kappa shape index (κ3) is 5.14. The number of amides is 3. The smallest absolute Gasteiger partial charge is 0.254 e. The molecule has 0 bridgehead atoms. The Labute approximate surface area is 211 Å². The van der Waals surface area contributed by atoms with Crippen LogP contribution in [0, 0.1) is 23.1 Å². The highest BCUT2D eigenvalue weighted by Gasteiger charge is 2.54. The molecule has 0 aromatic heterocycles. The third-order valence-corrected chi connectivity index (χ3v) is 7.56. The van der Waals surface area contributed by atoms with E-state index in [1.807, 2.05) is 49.1 Å². The summed E-state index contributed by atoms with van der Waals surface area (Å²) >= 11 is 0. The van der Waals surface area contributed by atoms with Gasteiger partial charge in [-0.2, -0.15) is 0 Å². The summed E-state index contributed by atoms with van der Waals surface area (Å²) in [5.41, 5.74) is 3.04. The van der Waals surface area contributed by atoms with Gasteiger partial charge in [0.15, 0.2) is 0 Å². The van der Waals surface area contributed by atoms with Gasteiger partial charge in [0.25, 0.3) is 5.91 Å². The normalized spacial score (nSPS) is 20.2. The highest BCUT2D eigenvalue weighted by molar-refractivity contribution is 5.98. The molecule has 0 aliphatic carbocycles. The molecule has 0 saturated carbocycles. The number of likely N-dealkylation sites (tertiary alicyclic amines) is 1. The number of nitrogens with one attached hydrogen (secondary N) is 1. The quantitative estimate of drug-likeness (QED) is 0.388. The van der Waals surface area contributed by atoms with Crippen LogP contribution in [0.15, 0.2) is 48.5 Å². The van der Waals surface area contributed by atoms with Gasteiger partial charge in [-0.25, -0.2) is 9.87 Å². The number of carbonyl (C=O) groups excluding carboxylic acids is 3. The molecule has 3 amide bonds. The van der Waals surface area contributed by atoms with Crippen LogP contribution in [-0.2, 0) is 22.6 Å². The number of rotatable bonds is 10. The molecule has 2 aromatic rings. The molecule has 8 heteroatoms. The van der Waals surface area contributed by atoms with E-state index in [-0.39, 0.29) is 30.7 Å². The van der Waals surface area contributed by atoms with Gasteiger partial charge < -0.3 is 9.80 Å². The second kappa shape index (κ2) is 10.8.